The Hall–Kier alpha value is -3.23. The van der Waals surface area contributed by atoms with Gasteiger partial charge in [0.2, 0.25) is 0 Å². The Morgan fingerprint density at radius 1 is 1.04 bits per heavy atom. The Morgan fingerprint density at radius 2 is 1.67 bits per heavy atom. The first-order chi connectivity index (χ1) is 12.7. The maximum atomic E-state index is 12.2. The van der Waals surface area contributed by atoms with Crippen LogP contribution in [-0.2, 0) is 9.53 Å². The third-order valence-corrected chi connectivity index (χ3v) is 3.34. The van der Waals surface area contributed by atoms with Crippen molar-refractivity contribution < 1.29 is 37.0 Å². The molecule has 1 atom stereocenters. The number of esters is 1. The van der Waals surface area contributed by atoms with Crippen molar-refractivity contribution in [2.75, 3.05) is 12.4 Å². The topological polar surface area (TPSA) is 73.9 Å². The molecule has 0 spiro atoms. The molecular weight excluding hydrogens is 367 g/mol. The normalized spacial score (nSPS) is 12.0. The number of alkyl halides is 3. The van der Waals surface area contributed by atoms with Crippen molar-refractivity contribution >= 4 is 17.6 Å². The van der Waals surface area contributed by atoms with E-state index in [4.69, 9.17) is 9.47 Å². The van der Waals surface area contributed by atoms with Gasteiger partial charge >= 0.3 is 12.3 Å². The van der Waals surface area contributed by atoms with Gasteiger partial charge in [0, 0.05) is 5.69 Å². The molecule has 1 N–H and O–H groups in total. The summed E-state index contributed by atoms with van der Waals surface area (Å²) in [4.78, 5) is 24.3. The van der Waals surface area contributed by atoms with Crippen LogP contribution in [0.4, 0.5) is 18.9 Å². The fraction of sp³-hybridized carbons (Fsp3) is 0.222. The molecule has 2 aromatic carbocycles. The van der Waals surface area contributed by atoms with Crippen LogP contribution in [0.3, 0.4) is 0 Å². The zero-order valence-electron chi connectivity index (χ0n) is 14.4. The number of para-hydroxylation sites is 1. The summed E-state index contributed by atoms with van der Waals surface area (Å²) in [5.41, 5.74) is 0.378. The summed E-state index contributed by atoms with van der Waals surface area (Å²) in [7, 11) is 1.40. The standard InChI is InChI=1S/C18H16F3NO5/c1-11(26-17(24)14-5-3-4-6-15(14)25-2)16(23)22-12-7-9-13(10-8-12)27-18(19,20)21/h3-11H,1-2H3,(H,22,23). The van der Waals surface area contributed by atoms with Crippen molar-refractivity contribution in [2.45, 2.75) is 19.4 Å². The minimum Gasteiger partial charge on any atom is -0.496 e. The summed E-state index contributed by atoms with van der Waals surface area (Å²) >= 11 is 0. The highest BCUT2D eigenvalue weighted by atomic mass is 19.4. The van der Waals surface area contributed by atoms with Crippen molar-refractivity contribution in [3.63, 3.8) is 0 Å². The molecule has 0 fully saturated rings. The summed E-state index contributed by atoms with van der Waals surface area (Å²) in [6.45, 7) is 1.36. The first-order valence-electron chi connectivity index (χ1n) is 7.70. The van der Waals surface area contributed by atoms with Gasteiger partial charge in [-0.25, -0.2) is 4.79 Å². The molecule has 27 heavy (non-hydrogen) atoms. The van der Waals surface area contributed by atoms with Crippen molar-refractivity contribution in [3.8, 4) is 11.5 Å². The minimum atomic E-state index is -4.80. The molecule has 0 saturated heterocycles. The first-order valence-corrected chi connectivity index (χ1v) is 7.70. The number of hydrogen-bond acceptors (Lipinski definition) is 5. The van der Waals surface area contributed by atoms with E-state index in [1.807, 2.05) is 0 Å². The van der Waals surface area contributed by atoms with Gasteiger partial charge in [-0.1, -0.05) is 12.1 Å². The molecular formula is C18H16F3NO5. The van der Waals surface area contributed by atoms with Crippen LogP contribution in [0, 0.1) is 0 Å². The number of carbonyl (C=O) groups excluding carboxylic acids is 2. The fourth-order valence-corrected chi connectivity index (χ4v) is 2.07. The van der Waals surface area contributed by atoms with Crippen LogP contribution in [0.2, 0.25) is 0 Å². The SMILES string of the molecule is COc1ccccc1C(=O)OC(C)C(=O)Nc1ccc(OC(F)(F)F)cc1. The number of amides is 1. The van der Waals surface area contributed by atoms with E-state index in [-0.39, 0.29) is 11.3 Å². The Kier molecular flexibility index (Phi) is 6.27. The lowest BCUT2D eigenvalue weighted by Crippen LogP contribution is -2.30. The van der Waals surface area contributed by atoms with E-state index in [1.54, 1.807) is 18.2 Å². The van der Waals surface area contributed by atoms with E-state index >= 15 is 0 Å². The highest BCUT2D eigenvalue weighted by Crippen LogP contribution is 2.24. The van der Waals surface area contributed by atoms with Gasteiger partial charge in [-0.2, -0.15) is 0 Å². The maximum absolute atomic E-state index is 12.2. The Labute approximate surface area is 152 Å². The minimum absolute atomic E-state index is 0.160. The van der Waals surface area contributed by atoms with Gasteiger partial charge in [-0.05, 0) is 43.3 Å². The van der Waals surface area contributed by atoms with E-state index in [0.717, 1.165) is 12.1 Å². The molecule has 0 aliphatic rings. The molecule has 1 unspecified atom stereocenters. The molecule has 0 bridgehead atoms. The van der Waals surface area contributed by atoms with Crippen LogP contribution in [0.25, 0.3) is 0 Å². The van der Waals surface area contributed by atoms with Crippen LogP contribution >= 0.6 is 0 Å². The molecule has 2 aromatic rings. The molecule has 0 aliphatic carbocycles. The predicted molar refractivity (Wildman–Crippen MR) is 89.6 cm³/mol. The maximum Gasteiger partial charge on any atom is 0.573 e. The first kappa shape index (κ1) is 20.1. The summed E-state index contributed by atoms with van der Waals surface area (Å²) in [5, 5.41) is 2.43. The quantitative estimate of drug-likeness (QED) is 0.769. The second kappa shape index (κ2) is 8.43. The lowest BCUT2D eigenvalue weighted by atomic mass is 10.2. The summed E-state index contributed by atoms with van der Waals surface area (Å²) in [6, 6.07) is 10.9. The third kappa shape index (κ3) is 5.91. The van der Waals surface area contributed by atoms with Crippen molar-refractivity contribution in [2.24, 2.45) is 0 Å². The molecule has 144 valence electrons. The van der Waals surface area contributed by atoms with E-state index in [2.05, 4.69) is 10.1 Å². The smallest absolute Gasteiger partial charge is 0.496 e. The Morgan fingerprint density at radius 3 is 2.26 bits per heavy atom. The summed E-state index contributed by atoms with van der Waals surface area (Å²) in [5.74, 6) is -1.52. The average Bonchev–Trinajstić information content (AvgIpc) is 2.61. The highest BCUT2D eigenvalue weighted by molar-refractivity contribution is 5.98. The second-order valence-corrected chi connectivity index (χ2v) is 5.31. The highest BCUT2D eigenvalue weighted by Gasteiger charge is 2.31. The van der Waals surface area contributed by atoms with Crippen LogP contribution < -0.4 is 14.8 Å². The fourth-order valence-electron chi connectivity index (χ4n) is 2.07. The van der Waals surface area contributed by atoms with E-state index < -0.39 is 30.1 Å². The van der Waals surface area contributed by atoms with Gasteiger partial charge in [-0.3, -0.25) is 4.79 Å². The summed E-state index contributed by atoms with van der Waals surface area (Å²) < 4.78 is 50.3. The molecule has 0 radical (unpaired) electrons. The van der Waals surface area contributed by atoms with Crippen molar-refractivity contribution in [1.29, 1.82) is 0 Å². The van der Waals surface area contributed by atoms with Gasteiger partial charge in [0.25, 0.3) is 5.91 Å². The molecule has 0 aliphatic heterocycles. The van der Waals surface area contributed by atoms with E-state index in [9.17, 15) is 22.8 Å². The second-order valence-electron chi connectivity index (χ2n) is 5.31. The van der Waals surface area contributed by atoms with Crippen molar-refractivity contribution in [3.05, 3.63) is 54.1 Å². The van der Waals surface area contributed by atoms with E-state index in [0.29, 0.717) is 5.75 Å². The lowest BCUT2D eigenvalue weighted by molar-refractivity contribution is -0.274. The number of hydrogen-bond donors (Lipinski definition) is 1. The Bertz CT molecular complexity index is 805. The number of ether oxygens (including phenoxy) is 3. The van der Waals surface area contributed by atoms with Gasteiger partial charge < -0.3 is 19.5 Å². The van der Waals surface area contributed by atoms with Gasteiger partial charge in [0.1, 0.15) is 17.1 Å². The molecule has 0 heterocycles. The zero-order valence-corrected chi connectivity index (χ0v) is 14.4. The van der Waals surface area contributed by atoms with Gasteiger partial charge in [-0.15, -0.1) is 13.2 Å². The number of rotatable bonds is 6. The molecule has 9 heteroatoms. The third-order valence-electron chi connectivity index (χ3n) is 3.34. The molecule has 0 aromatic heterocycles. The number of carbonyl (C=O) groups is 2. The van der Waals surface area contributed by atoms with Gasteiger partial charge in [0.05, 0.1) is 7.11 Å². The molecule has 6 nitrogen and oxygen atoms in total. The largest absolute Gasteiger partial charge is 0.573 e. The zero-order chi connectivity index (χ0) is 20.0. The lowest BCUT2D eigenvalue weighted by Gasteiger charge is -2.15. The average molecular weight is 383 g/mol. The number of anilines is 1. The van der Waals surface area contributed by atoms with Crippen LogP contribution in [0.15, 0.2) is 48.5 Å². The summed E-state index contributed by atoms with van der Waals surface area (Å²) in [6.07, 6.45) is -5.94. The molecule has 2 rings (SSSR count). The number of halogens is 3. The molecule has 0 saturated carbocycles. The van der Waals surface area contributed by atoms with Gasteiger partial charge in [0.15, 0.2) is 6.10 Å². The van der Waals surface area contributed by atoms with Crippen LogP contribution in [0.5, 0.6) is 11.5 Å². The van der Waals surface area contributed by atoms with Crippen molar-refractivity contribution in [1.82, 2.24) is 0 Å². The monoisotopic (exact) mass is 383 g/mol. The predicted octanol–water partition coefficient (Wildman–Crippen LogP) is 3.78. The molecule has 1 amide bonds. The Balaban J connectivity index is 1.96. The van der Waals surface area contributed by atoms with Crippen LogP contribution in [0.1, 0.15) is 17.3 Å². The number of nitrogens with one attached hydrogen (secondary N) is 1. The van der Waals surface area contributed by atoms with Crippen LogP contribution in [-0.4, -0.2) is 31.5 Å². The number of methoxy groups -OCH3 is 1. The number of benzene rings is 2. The van der Waals surface area contributed by atoms with E-state index in [1.165, 1.54) is 32.2 Å².